The summed E-state index contributed by atoms with van der Waals surface area (Å²) in [6.45, 7) is 5.18. The highest BCUT2D eigenvalue weighted by Gasteiger charge is 2.24. The fraction of sp³-hybridized carbons (Fsp3) is 0.222. The second-order valence-electron chi connectivity index (χ2n) is 8.28. The molecule has 0 bridgehead atoms. The Morgan fingerprint density at radius 1 is 0.882 bits per heavy atom. The Morgan fingerprint density at radius 2 is 1.50 bits per heavy atom. The number of aromatic nitrogens is 3. The Kier molecular flexibility index (Phi) is 6.36. The number of benzene rings is 2. The van der Waals surface area contributed by atoms with E-state index in [0.29, 0.717) is 16.9 Å². The van der Waals surface area contributed by atoms with Crippen LogP contribution in [0.15, 0.2) is 71.5 Å². The van der Waals surface area contributed by atoms with Crippen LogP contribution in [0.25, 0.3) is 11.4 Å². The van der Waals surface area contributed by atoms with Crippen LogP contribution in [0.4, 0.5) is 0 Å². The third kappa shape index (κ3) is 4.24. The van der Waals surface area contributed by atoms with Crippen molar-refractivity contribution in [3.8, 4) is 11.4 Å². The molecule has 0 aliphatic heterocycles. The van der Waals surface area contributed by atoms with Crippen molar-refractivity contribution in [1.29, 1.82) is 0 Å². The van der Waals surface area contributed by atoms with Crippen molar-refractivity contribution in [2.24, 2.45) is 7.05 Å². The van der Waals surface area contributed by atoms with Gasteiger partial charge in [-0.15, -0.1) is 0 Å². The van der Waals surface area contributed by atoms with E-state index in [4.69, 9.17) is 4.74 Å². The Labute approximate surface area is 197 Å². The molecule has 7 heteroatoms. The first-order valence-corrected chi connectivity index (χ1v) is 11.1. The van der Waals surface area contributed by atoms with Crippen molar-refractivity contribution < 1.29 is 14.3 Å². The summed E-state index contributed by atoms with van der Waals surface area (Å²) in [6.07, 6.45) is 0.107. The number of carbonyl (C=O) groups excluding carboxylic acids is 2. The summed E-state index contributed by atoms with van der Waals surface area (Å²) in [5.74, 6) is -0.768. The summed E-state index contributed by atoms with van der Waals surface area (Å²) < 4.78 is 10.4. The highest BCUT2D eigenvalue weighted by Crippen LogP contribution is 2.23. The van der Waals surface area contributed by atoms with Gasteiger partial charge in [0.1, 0.15) is 5.69 Å². The minimum absolute atomic E-state index is 0.107. The van der Waals surface area contributed by atoms with Crippen molar-refractivity contribution in [3.63, 3.8) is 0 Å². The van der Waals surface area contributed by atoms with Crippen LogP contribution in [-0.4, -0.2) is 32.3 Å². The largest absolute Gasteiger partial charge is 0.457 e. The Bertz CT molecular complexity index is 1410. The molecule has 0 radical (unpaired) electrons. The van der Waals surface area contributed by atoms with Gasteiger partial charge >= 0.3 is 5.97 Å². The zero-order chi connectivity index (χ0) is 24.4. The third-order valence-electron chi connectivity index (χ3n) is 6.03. The van der Waals surface area contributed by atoms with Crippen LogP contribution in [0.3, 0.4) is 0 Å². The Balaban J connectivity index is 1.60. The molecule has 2 aromatic heterocycles. The molecule has 2 aromatic carbocycles. The van der Waals surface area contributed by atoms with Gasteiger partial charge in [0, 0.05) is 24.0 Å². The smallest absolute Gasteiger partial charge is 0.310 e. The normalized spacial score (nSPS) is 10.9. The van der Waals surface area contributed by atoms with Crippen LogP contribution in [0, 0.1) is 20.8 Å². The standard InChI is InChI=1S/C27H27N3O4/c1-18-15-23(24(31)17-34-25(32)16-21-11-7-5-8-12-21)19(2)29(18)26-20(3)28(4)30(27(26)33)22-13-9-6-10-14-22/h5-15H,16-17H2,1-4H3. The molecular formula is C27H27N3O4. The average Bonchev–Trinajstić information content (AvgIpc) is 3.24. The quantitative estimate of drug-likeness (QED) is 0.312. The molecule has 7 nitrogen and oxygen atoms in total. The van der Waals surface area contributed by atoms with Gasteiger partial charge in [-0.25, -0.2) is 4.68 Å². The van der Waals surface area contributed by atoms with Gasteiger partial charge in [0.2, 0.25) is 5.78 Å². The lowest BCUT2D eigenvalue weighted by atomic mass is 10.1. The number of carbonyl (C=O) groups is 2. The topological polar surface area (TPSA) is 75.2 Å². The maximum atomic E-state index is 13.5. The highest BCUT2D eigenvalue weighted by atomic mass is 16.5. The van der Waals surface area contributed by atoms with Crippen molar-refractivity contribution >= 4 is 11.8 Å². The lowest BCUT2D eigenvalue weighted by molar-refractivity contribution is -0.141. The van der Waals surface area contributed by atoms with Crippen molar-refractivity contribution in [2.45, 2.75) is 27.2 Å². The van der Waals surface area contributed by atoms with Crippen molar-refractivity contribution in [1.82, 2.24) is 13.9 Å². The molecule has 4 rings (SSSR count). The van der Waals surface area contributed by atoms with Gasteiger partial charge in [0.15, 0.2) is 6.61 Å². The first kappa shape index (κ1) is 23.0. The minimum Gasteiger partial charge on any atom is -0.457 e. The van der Waals surface area contributed by atoms with Gasteiger partial charge < -0.3 is 9.30 Å². The van der Waals surface area contributed by atoms with Gasteiger partial charge in [0.05, 0.1) is 17.8 Å². The van der Waals surface area contributed by atoms with E-state index in [1.165, 1.54) is 0 Å². The molecule has 2 heterocycles. The lowest BCUT2D eigenvalue weighted by Crippen LogP contribution is -2.22. The van der Waals surface area contributed by atoms with E-state index in [1.807, 2.05) is 81.6 Å². The molecule has 0 aliphatic rings. The maximum Gasteiger partial charge on any atom is 0.310 e. The van der Waals surface area contributed by atoms with Crippen LogP contribution in [0.2, 0.25) is 0 Å². The van der Waals surface area contributed by atoms with Gasteiger partial charge in [-0.1, -0.05) is 48.5 Å². The molecular weight excluding hydrogens is 430 g/mol. The number of ketones is 1. The van der Waals surface area contributed by atoms with E-state index < -0.39 is 5.97 Å². The van der Waals surface area contributed by atoms with Crippen LogP contribution < -0.4 is 5.56 Å². The lowest BCUT2D eigenvalue weighted by Gasteiger charge is -2.09. The van der Waals surface area contributed by atoms with E-state index in [0.717, 1.165) is 22.6 Å². The number of Topliss-reactive ketones (excluding diaryl/α,β-unsaturated/α-hetero) is 1. The summed E-state index contributed by atoms with van der Waals surface area (Å²) in [6, 6.07) is 20.4. The van der Waals surface area contributed by atoms with E-state index in [1.54, 1.807) is 26.9 Å². The summed E-state index contributed by atoms with van der Waals surface area (Å²) in [5.41, 5.74) is 4.47. The molecule has 0 atom stereocenters. The van der Waals surface area contributed by atoms with Crippen molar-refractivity contribution in [2.75, 3.05) is 6.61 Å². The predicted octanol–water partition coefficient (Wildman–Crippen LogP) is 3.86. The number of hydrogen-bond donors (Lipinski definition) is 0. The zero-order valence-corrected chi connectivity index (χ0v) is 19.7. The van der Waals surface area contributed by atoms with E-state index in [-0.39, 0.29) is 24.4 Å². The number of hydrogen-bond acceptors (Lipinski definition) is 4. The summed E-state index contributed by atoms with van der Waals surface area (Å²) in [5, 5.41) is 0. The van der Waals surface area contributed by atoms with Gasteiger partial charge in [0.25, 0.3) is 5.56 Å². The SMILES string of the molecule is Cc1cc(C(=O)COC(=O)Cc2ccccc2)c(C)n1-c1c(C)n(C)n(-c2ccccc2)c1=O. The van der Waals surface area contributed by atoms with Crippen LogP contribution in [0.5, 0.6) is 0 Å². The summed E-state index contributed by atoms with van der Waals surface area (Å²) in [7, 11) is 1.83. The van der Waals surface area contributed by atoms with Gasteiger partial charge in [-0.2, -0.15) is 0 Å². The van der Waals surface area contributed by atoms with E-state index in [9.17, 15) is 14.4 Å². The van der Waals surface area contributed by atoms with Crippen molar-refractivity contribution in [3.05, 3.63) is 105 Å². The van der Waals surface area contributed by atoms with Gasteiger partial charge in [-0.05, 0) is 44.5 Å². The number of rotatable bonds is 7. The van der Waals surface area contributed by atoms with E-state index >= 15 is 0 Å². The number of aryl methyl sites for hydroxylation is 1. The molecule has 0 unspecified atom stereocenters. The second kappa shape index (κ2) is 9.39. The second-order valence-corrected chi connectivity index (χ2v) is 8.28. The predicted molar refractivity (Wildman–Crippen MR) is 130 cm³/mol. The fourth-order valence-electron chi connectivity index (χ4n) is 4.24. The molecule has 0 amide bonds. The molecule has 4 aromatic rings. The molecule has 0 aliphatic carbocycles. The molecule has 0 N–H and O–H groups in total. The zero-order valence-electron chi connectivity index (χ0n) is 19.7. The molecule has 0 fully saturated rings. The van der Waals surface area contributed by atoms with Crippen LogP contribution >= 0.6 is 0 Å². The Morgan fingerprint density at radius 3 is 2.15 bits per heavy atom. The monoisotopic (exact) mass is 457 g/mol. The number of ether oxygens (including phenoxy) is 1. The molecule has 0 saturated heterocycles. The number of nitrogens with zero attached hydrogens (tertiary/aromatic N) is 3. The number of esters is 1. The van der Waals surface area contributed by atoms with Gasteiger partial charge in [-0.3, -0.25) is 19.1 Å². The summed E-state index contributed by atoms with van der Waals surface area (Å²) in [4.78, 5) is 38.5. The highest BCUT2D eigenvalue weighted by molar-refractivity contribution is 5.99. The van der Waals surface area contributed by atoms with Crippen LogP contribution in [0.1, 0.15) is 33.0 Å². The number of para-hydroxylation sites is 1. The summed E-state index contributed by atoms with van der Waals surface area (Å²) >= 11 is 0. The first-order valence-electron chi connectivity index (χ1n) is 11.1. The Hall–Kier alpha value is -4.13. The molecule has 174 valence electrons. The molecule has 34 heavy (non-hydrogen) atoms. The maximum absolute atomic E-state index is 13.5. The fourth-order valence-corrected chi connectivity index (χ4v) is 4.24. The molecule has 0 saturated carbocycles. The minimum atomic E-state index is -0.460. The van der Waals surface area contributed by atoms with Crippen LogP contribution in [-0.2, 0) is 23.0 Å². The first-order chi connectivity index (χ1) is 16.3. The average molecular weight is 458 g/mol. The third-order valence-corrected chi connectivity index (χ3v) is 6.03. The molecule has 0 spiro atoms. The van der Waals surface area contributed by atoms with E-state index in [2.05, 4.69) is 0 Å².